The van der Waals surface area contributed by atoms with Crippen LogP contribution >= 0.6 is 11.3 Å². The van der Waals surface area contributed by atoms with Gasteiger partial charge >= 0.3 is 0 Å². The van der Waals surface area contributed by atoms with E-state index < -0.39 is 0 Å². The van der Waals surface area contributed by atoms with Crippen LogP contribution in [0.1, 0.15) is 43.6 Å². The number of carbonyl (C=O) groups is 2. The van der Waals surface area contributed by atoms with Crippen molar-refractivity contribution >= 4 is 23.2 Å². The summed E-state index contributed by atoms with van der Waals surface area (Å²) in [6.45, 7) is 5.41. The molecular formula is C22H28N2O2S. The van der Waals surface area contributed by atoms with E-state index in [1.54, 1.807) is 16.2 Å². The van der Waals surface area contributed by atoms with E-state index in [1.165, 1.54) is 0 Å². The maximum Gasteiger partial charge on any atom is 0.242 e. The molecule has 1 aromatic heterocycles. The van der Waals surface area contributed by atoms with E-state index in [9.17, 15) is 9.59 Å². The van der Waals surface area contributed by atoms with Crippen LogP contribution in [-0.4, -0.2) is 34.2 Å². The third-order valence-electron chi connectivity index (χ3n) is 5.13. The SMILES string of the molecule is CC[C@@H](C)N(CC(=O)N(Cc1ccccc1)Cc1cccs1)C(=O)C1CC1. The summed E-state index contributed by atoms with van der Waals surface area (Å²) >= 11 is 1.66. The lowest BCUT2D eigenvalue weighted by Crippen LogP contribution is -2.46. The van der Waals surface area contributed by atoms with Crippen molar-refractivity contribution in [3.8, 4) is 0 Å². The first-order valence-corrected chi connectivity index (χ1v) is 10.6. The summed E-state index contributed by atoms with van der Waals surface area (Å²) in [6.07, 6.45) is 2.78. The van der Waals surface area contributed by atoms with E-state index in [0.717, 1.165) is 29.7 Å². The Labute approximate surface area is 165 Å². The van der Waals surface area contributed by atoms with Crippen LogP contribution in [0.5, 0.6) is 0 Å². The fraction of sp³-hybridized carbons (Fsp3) is 0.455. The number of nitrogens with zero attached hydrogens (tertiary/aromatic N) is 2. The van der Waals surface area contributed by atoms with Crippen LogP contribution in [0.4, 0.5) is 0 Å². The van der Waals surface area contributed by atoms with Crippen molar-refractivity contribution in [3.05, 3.63) is 58.3 Å². The van der Waals surface area contributed by atoms with Gasteiger partial charge in [0.25, 0.3) is 0 Å². The van der Waals surface area contributed by atoms with E-state index in [2.05, 4.69) is 13.0 Å². The highest BCUT2D eigenvalue weighted by Gasteiger charge is 2.36. The smallest absolute Gasteiger partial charge is 0.242 e. The number of hydrogen-bond donors (Lipinski definition) is 0. The molecule has 3 rings (SSSR count). The molecule has 4 nitrogen and oxygen atoms in total. The highest BCUT2D eigenvalue weighted by atomic mass is 32.1. The number of hydrogen-bond acceptors (Lipinski definition) is 3. The largest absolute Gasteiger partial charge is 0.332 e. The third kappa shape index (κ3) is 5.42. The van der Waals surface area contributed by atoms with Crippen molar-refractivity contribution in [2.24, 2.45) is 5.92 Å². The molecule has 27 heavy (non-hydrogen) atoms. The number of amides is 2. The molecule has 1 atom stereocenters. The van der Waals surface area contributed by atoms with Crippen molar-refractivity contribution in [1.29, 1.82) is 0 Å². The minimum Gasteiger partial charge on any atom is -0.332 e. The predicted molar refractivity (Wildman–Crippen MR) is 109 cm³/mol. The minimum atomic E-state index is 0.0153. The third-order valence-corrected chi connectivity index (χ3v) is 6.00. The summed E-state index contributed by atoms with van der Waals surface area (Å²) in [5, 5.41) is 2.03. The number of carbonyl (C=O) groups excluding carboxylic acids is 2. The van der Waals surface area contributed by atoms with Gasteiger partial charge in [-0.2, -0.15) is 0 Å². The van der Waals surface area contributed by atoms with Crippen LogP contribution in [0.2, 0.25) is 0 Å². The lowest BCUT2D eigenvalue weighted by atomic mass is 10.1. The zero-order valence-electron chi connectivity index (χ0n) is 16.1. The van der Waals surface area contributed by atoms with Crippen LogP contribution in [0.25, 0.3) is 0 Å². The summed E-state index contributed by atoms with van der Waals surface area (Å²) in [7, 11) is 0. The van der Waals surface area contributed by atoms with E-state index in [-0.39, 0.29) is 30.3 Å². The Morgan fingerprint density at radius 3 is 2.44 bits per heavy atom. The van der Waals surface area contributed by atoms with Crippen molar-refractivity contribution in [2.75, 3.05) is 6.54 Å². The molecule has 0 radical (unpaired) electrons. The molecule has 2 aromatic rings. The Morgan fingerprint density at radius 2 is 1.85 bits per heavy atom. The number of thiophene rings is 1. The van der Waals surface area contributed by atoms with Gasteiger partial charge in [0.05, 0.1) is 6.54 Å². The van der Waals surface area contributed by atoms with Crippen LogP contribution in [0.3, 0.4) is 0 Å². The van der Waals surface area contributed by atoms with Crippen molar-refractivity contribution in [2.45, 2.75) is 52.2 Å². The van der Waals surface area contributed by atoms with Gasteiger partial charge in [0.1, 0.15) is 6.54 Å². The second-order valence-electron chi connectivity index (χ2n) is 7.31. The number of benzene rings is 1. The molecule has 0 spiro atoms. The molecule has 0 aliphatic heterocycles. The second kappa shape index (κ2) is 9.18. The van der Waals surface area contributed by atoms with Crippen molar-refractivity contribution < 1.29 is 9.59 Å². The first-order valence-electron chi connectivity index (χ1n) is 9.73. The average Bonchev–Trinajstić information content (AvgIpc) is 3.42. The van der Waals surface area contributed by atoms with Crippen LogP contribution in [0.15, 0.2) is 47.8 Å². The van der Waals surface area contributed by atoms with Gasteiger partial charge in [-0.3, -0.25) is 9.59 Å². The first kappa shape index (κ1) is 19.6. The summed E-state index contributed by atoms with van der Waals surface area (Å²) in [4.78, 5) is 30.7. The molecule has 1 heterocycles. The Hall–Kier alpha value is -2.14. The van der Waals surface area contributed by atoms with Crippen molar-refractivity contribution in [1.82, 2.24) is 9.80 Å². The normalized spacial score (nSPS) is 14.6. The van der Waals surface area contributed by atoms with Gasteiger partial charge < -0.3 is 9.80 Å². The van der Waals surface area contributed by atoms with Gasteiger partial charge in [-0.1, -0.05) is 43.3 Å². The Kier molecular flexibility index (Phi) is 6.67. The molecule has 2 amide bonds. The molecule has 1 aliphatic rings. The molecule has 1 aliphatic carbocycles. The van der Waals surface area contributed by atoms with Gasteiger partial charge in [-0.25, -0.2) is 0 Å². The van der Waals surface area contributed by atoms with Crippen LogP contribution < -0.4 is 0 Å². The summed E-state index contributed by atoms with van der Waals surface area (Å²) in [5.74, 6) is 0.293. The van der Waals surface area contributed by atoms with Gasteiger partial charge in [0.2, 0.25) is 11.8 Å². The molecule has 1 aromatic carbocycles. The molecule has 0 N–H and O–H groups in total. The molecule has 144 valence electrons. The summed E-state index contributed by atoms with van der Waals surface area (Å²) < 4.78 is 0. The van der Waals surface area contributed by atoms with E-state index in [1.807, 2.05) is 53.6 Å². The molecule has 1 fully saturated rings. The monoisotopic (exact) mass is 384 g/mol. The summed E-state index contributed by atoms with van der Waals surface area (Å²) in [6, 6.07) is 14.2. The lowest BCUT2D eigenvalue weighted by Gasteiger charge is -2.31. The maximum atomic E-state index is 13.2. The fourth-order valence-electron chi connectivity index (χ4n) is 3.11. The zero-order chi connectivity index (χ0) is 19.2. The molecular weight excluding hydrogens is 356 g/mol. The first-order chi connectivity index (χ1) is 13.1. The van der Waals surface area contributed by atoms with E-state index in [0.29, 0.717) is 13.1 Å². The van der Waals surface area contributed by atoms with Gasteiger partial charge in [-0.15, -0.1) is 11.3 Å². The lowest BCUT2D eigenvalue weighted by molar-refractivity contribution is -0.143. The second-order valence-corrected chi connectivity index (χ2v) is 8.34. The highest BCUT2D eigenvalue weighted by molar-refractivity contribution is 7.09. The molecule has 0 unspecified atom stereocenters. The minimum absolute atomic E-state index is 0.0153. The molecule has 0 bridgehead atoms. The zero-order valence-corrected chi connectivity index (χ0v) is 17.0. The highest BCUT2D eigenvalue weighted by Crippen LogP contribution is 2.32. The number of rotatable bonds is 9. The van der Waals surface area contributed by atoms with E-state index in [4.69, 9.17) is 0 Å². The topological polar surface area (TPSA) is 40.6 Å². The van der Waals surface area contributed by atoms with Gasteiger partial charge in [0.15, 0.2) is 0 Å². The average molecular weight is 385 g/mol. The Morgan fingerprint density at radius 1 is 1.11 bits per heavy atom. The van der Waals surface area contributed by atoms with Gasteiger partial charge in [-0.05, 0) is 43.2 Å². The van der Waals surface area contributed by atoms with Gasteiger partial charge in [0, 0.05) is 23.4 Å². The fourth-order valence-corrected chi connectivity index (χ4v) is 3.83. The summed E-state index contributed by atoms with van der Waals surface area (Å²) in [5.41, 5.74) is 1.10. The predicted octanol–water partition coefficient (Wildman–Crippen LogP) is 4.31. The quantitative estimate of drug-likeness (QED) is 0.646. The van der Waals surface area contributed by atoms with Crippen LogP contribution in [-0.2, 0) is 22.7 Å². The molecule has 0 saturated heterocycles. The van der Waals surface area contributed by atoms with E-state index >= 15 is 0 Å². The van der Waals surface area contributed by atoms with Crippen LogP contribution in [0, 0.1) is 5.92 Å². The maximum absolute atomic E-state index is 13.2. The molecule has 5 heteroatoms. The Bertz CT molecular complexity index is 741. The van der Waals surface area contributed by atoms with Crippen molar-refractivity contribution in [3.63, 3.8) is 0 Å². The molecule has 1 saturated carbocycles. The standard InChI is InChI=1S/C22H28N2O2S/c1-3-17(2)24(22(26)19-11-12-19)16-21(25)23(15-20-10-7-13-27-20)14-18-8-5-4-6-9-18/h4-10,13,17,19H,3,11-12,14-16H2,1-2H3/t17-/m1/s1. The Balaban J connectivity index is 1.74.